The molecule has 1 aliphatic heterocycles. The highest BCUT2D eigenvalue weighted by molar-refractivity contribution is 5.74. The van der Waals surface area contributed by atoms with Gasteiger partial charge in [-0.3, -0.25) is 0 Å². The highest BCUT2D eigenvalue weighted by atomic mass is 16.5. The van der Waals surface area contributed by atoms with Crippen LogP contribution in [0.4, 0.5) is 4.79 Å². The van der Waals surface area contributed by atoms with Gasteiger partial charge in [0.1, 0.15) is 0 Å². The van der Waals surface area contributed by atoms with Crippen LogP contribution >= 0.6 is 0 Å². The minimum atomic E-state index is -0.0801. The van der Waals surface area contributed by atoms with E-state index in [2.05, 4.69) is 62.6 Å². The van der Waals surface area contributed by atoms with Gasteiger partial charge in [0.15, 0.2) is 0 Å². The number of carbonyl (C=O) groups is 1. The van der Waals surface area contributed by atoms with Crippen molar-refractivity contribution in [2.75, 3.05) is 13.2 Å². The summed E-state index contributed by atoms with van der Waals surface area (Å²) in [4.78, 5) is 12.3. The van der Waals surface area contributed by atoms with Gasteiger partial charge in [-0.1, -0.05) is 52.0 Å². The van der Waals surface area contributed by atoms with E-state index in [4.69, 9.17) is 4.74 Å². The molecule has 1 aromatic rings. The van der Waals surface area contributed by atoms with E-state index in [0.717, 1.165) is 31.6 Å². The number of benzene rings is 1. The molecule has 0 saturated carbocycles. The highest BCUT2D eigenvalue weighted by Crippen LogP contribution is 2.24. The van der Waals surface area contributed by atoms with E-state index in [1.54, 1.807) is 0 Å². The molecule has 1 heterocycles. The second kappa shape index (κ2) is 8.34. The number of hydrogen-bond donors (Lipinski definition) is 2. The van der Waals surface area contributed by atoms with Gasteiger partial charge in [0.2, 0.25) is 0 Å². The average molecular weight is 318 g/mol. The fourth-order valence-corrected chi connectivity index (χ4v) is 2.93. The predicted molar refractivity (Wildman–Crippen MR) is 93.6 cm³/mol. The summed E-state index contributed by atoms with van der Waals surface area (Å²) < 4.78 is 5.33. The van der Waals surface area contributed by atoms with Crippen molar-refractivity contribution in [1.29, 1.82) is 0 Å². The van der Waals surface area contributed by atoms with Crippen molar-refractivity contribution in [2.45, 2.75) is 58.5 Å². The highest BCUT2D eigenvalue weighted by Gasteiger charge is 2.21. The maximum absolute atomic E-state index is 12.3. The Morgan fingerprint density at radius 3 is 2.13 bits per heavy atom. The van der Waals surface area contributed by atoms with Gasteiger partial charge >= 0.3 is 6.03 Å². The zero-order valence-corrected chi connectivity index (χ0v) is 14.8. The normalized spacial score (nSPS) is 17.3. The first-order valence-corrected chi connectivity index (χ1v) is 8.72. The van der Waals surface area contributed by atoms with E-state index in [-0.39, 0.29) is 18.1 Å². The molecule has 2 N–H and O–H groups in total. The lowest BCUT2D eigenvalue weighted by Crippen LogP contribution is -2.46. The second-order valence-electron chi connectivity index (χ2n) is 7.05. The molecule has 0 aromatic heterocycles. The van der Waals surface area contributed by atoms with Crippen molar-refractivity contribution in [3.05, 3.63) is 35.4 Å². The van der Waals surface area contributed by atoms with Crippen molar-refractivity contribution >= 4 is 6.03 Å². The lowest BCUT2D eigenvalue weighted by atomic mass is 9.93. The number of urea groups is 1. The molecule has 1 aliphatic rings. The summed E-state index contributed by atoms with van der Waals surface area (Å²) in [6.45, 7) is 10.1. The van der Waals surface area contributed by atoms with Crippen LogP contribution in [0.2, 0.25) is 0 Å². The summed E-state index contributed by atoms with van der Waals surface area (Å²) in [6.07, 6.45) is 1.78. The van der Waals surface area contributed by atoms with Gasteiger partial charge in [-0.25, -0.2) is 4.79 Å². The first kappa shape index (κ1) is 17.8. The topological polar surface area (TPSA) is 50.4 Å². The first-order valence-electron chi connectivity index (χ1n) is 8.72. The summed E-state index contributed by atoms with van der Waals surface area (Å²) >= 11 is 0. The summed E-state index contributed by atoms with van der Waals surface area (Å²) in [5, 5.41) is 6.21. The lowest BCUT2D eigenvalue weighted by molar-refractivity contribution is 0.0798. The van der Waals surface area contributed by atoms with Crippen LogP contribution in [-0.2, 0) is 4.74 Å². The van der Waals surface area contributed by atoms with Gasteiger partial charge in [0.05, 0.1) is 6.04 Å². The van der Waals surface area contributed by atoms with Gasteiger partial charge in [-0.15, -0.1) is 0 Å². The summed E-state index contributed by atoms with van der Waals surface area (Å²) in [5.74, 6) is 0.853. The average Bonchev–Trinajstić information content (AvgIpc) is 2.53. The molecular formula is C19H30N2O2. The summed E-state index contributed by atoms with van der Waals surface area (Å²) in [5.41, 5.74) is 2.48. The molecule has 128 valence electrons. The molecule has 4 nitrogen and oxygen atoms in total. The van der Waals surface area contributed by atoms with E-state index in [1.165, 1.54) is 5.56 Å². The maximum Gasteiger partial charge on any atom is 0.315 e. The van der Waals surface area contributed by atoms with E-state index >= 15 is 0 Å². The van der Waals surface area contributed by atoms with Crippen LogP contribution in [0.5, 0.6) is 0 Å². The summed E-state index contributed by atoms with van der Waals surface area (Å²) in [6, 6.07) is 8.75. The zero-order chi connectivity index (χ0) is 16.8. The van der Waals surface area contributed by atoms with Gasteiger partial charge in [0, 0.05) is 19.3 Å². The van der Waals surface area contributed by atoms with Crippen LogP contribution in [0.3, 0.4) is 0 Å². The largest absolute Gasteiger partial charge is 0.381 e. The fraction of sp³-hybridized carbons (Fsp3) is 0.632. The number of amides is 2. The van der Waals surface area contributed by atoms with Gasteiger partial charge in [0.25, 0.3) is 0 Å². The molecule has 0 spiro atoms. The number of nitrogens with one attached hydrogen (secondary N) is 2. The molecule has 1 fully saturated rings. The van der Waals surface area contributed by atoms with Crippen LogP contribution in [0.1, 0.15) is 63.6 Å². The molecule has 0 aliphatic carbocycles. The van der Waals surface area contributed by atoms with Crippen LogP contribution in [0.25, 0.3) is 0 Å². The Kier molecular flexibility index (Phi) is 6.46. The Morgan fingerprint density at radius 1 is 1.04 bits per heavy atom. The maximum atomic E-state index is 12.3. The molecule has 2 rings (SSSR count). The Bertz CT molecular complexity index is 491. The third kappa shape index (κ3) is 5.24. The van der Waals surface area contributed by atoms with Crippen molar-refractivity contribution < 1.29 is 9.53 Å². The Balaban J connectivity index is 1.98. The first-order chi connectivity index (χ1) is 11.0. The smallest absolute Gasteiger partial charge is 0.315 e. The van der Waals surface area contributed by atoms with Crippen LogP contribution in [-0.4, -0.2) is 25.3 Å². The second-order valence-corrected chi connectivity index (χ2v) is 7.05. The molecule has 0 radical (unpaired) electrons. The van der Waals surface area contributed by atoms with E-state index in [1.807, 2.05) is 0 Å². The molecule has 2 amide bonds. The predicted octanol–water partition coefficient (Wildman–Crippen LogP) is 3.99. The number of carbonyl (C=O) groups excluding carboxylic acids is 1. The minimum Gasteiger partial charge on any atom is -0.381 e. The molecule has 1 aromatic carbocycles. The Hall–Kier alpha value is -1.55. The van der Waals surface area contributed by atoms with Crippen LogP contribution in [0, 0.1) is 5.92 Å². The minimum absolute atomic E-state index is 0.0241. The summed E-state index contributed by atoms with van der Waals surface area (Å²) in [7, 11) is 0. The molecule has 23 heavy (non-hydrogen) atoms. The van der Waals surface area contributed by atoms with Crippen molar-refractivity contribution in [3.63, 3.8) is 0 Å². The molecule has 1 saturated heterocycles. The van der Waals surface area contributed by atoms with Crippen LogP contribution in [0.15, 0.2) is 24.3 Å². The zero-order valence-electron chi connectivity index (χ0n) is 14.8. The number of rotatable bonds is 5. The van der Waals surface area contributed by atoms with Gasteiger partial charge < -0.3 is 15.4 Å². The SMILES string of the molecule is CC(C)c1ccc([C@H](NC(=O)NC2CCOCC2)C(C)C)cc1. The standard InChI is InChI=1S/C19H30N2O2/c1-13(2)15-5-7-16(8-6-15)18(14(3)4)21-19(22)20-17-9-11-23-12-10-17/h5-8,13-14,17-18H,9-12H2,1-4H3,(H2,20,21,22)/t18-/m1/s1. The van der Waals surface area contributed by atoms with Gasteiger partial charge in [-0.05, 0) is 35.8 Å². The Morgan fingerprint density at radius 2 is 1.61 bits per heavy atom. The number of hydrogen-bond acceptors (Lipinski definition) is 2. The molecular weight excluding hydrogens is 288 g/mol. The van der Waals surface area contributed by atoms with Crippen molar-refractivity contribution in [1.82, 2.24) is 10.6 Å². The van der Waals surface area contributed by atoms with Crippen molar-refractivity contribution in [2.24, 2.45) is 5.92 Å². The third-order valence-electron chi connectivity index (χ3n) is 4.47. The van der Waals surface area contributed by atoms with Crippen molar-refractivity contribution in [3.8, 4) is 0 Å². The Labute approximate surface area is 140 Å². The number of ether oxygens (including phenoxy) is 1. The molecule has 0 bridgehead atoms. The quantitative estimate of drug-likeness (QED) is 0.862. The van der Waals surface area contributed by atoms with Crippen LogP contribution < -0.4 is 10.6 Å². The molecule has 1 atom stereocenters. The molecule has 4 heteroatoms. The monoisotopic (exact) mass is 318 g/mol. The third-order valence-corrected chi connectivity index (χ3v) is 4.47. The molecule has 0 unspecified atom stereocenters. The van der Waals surface area contributed by atoms with E-state index in [0.29, 0.717) is 11.8 Å². The van der Waals surface area contributed by atoms with E-state index in [9.17, 15) is 4.79 Å². The van der Waals surface area contributed by atoms with E-state index < -0.39 is 0 Å². The lowest BCUT2D eigenvalue weighted by Gasteiger charge is -2.27. The fourth-order valence-electron chi connectivity index (χ4n) is 2.93. The van der Waals surface area contributed by atoms with Gasteiger partial charge in [-0.2, -0.15) is 0 Å².